The van der Waals surface area contributed by atoms with E-state index < -0.39 is 0 Å². The van der Waals surface area contributed by atoms with Gasteiger partial charge < -0.3 is 19.9 Å². The Morgan fingerprint density at radius 1 is 0.833 bits per heavy atom. The zero-order valence-corrected chi connectivity index (χ0v) is 21.6. The lowest BCUT2D eigenvalue weighted by molar-refractivity contribution is -0.118. The molecule has 1 aliphatic heterocycles. The highest BCUT2D eigenvalue weighted by Crippen LogP contribution is 2.24. The number of carbonyl (C=O) groups is 2. The maximum absolute atomic E-state index is 12.8. The number of carbonyl (C=O) groups excluding carboxylic acids is 2. The molecule has 36 heavy (non-hydrogen) atoms. The summed E-state index contributed by atoms with van der Waals surface area (Å²) in [5.41, 5.74) is 4.98. The fourth-order valence-electron chi connectivity index (χ4n) is 4.20. The van der Waals surface area contributed by atoms with Gasteiger partial charge in [-0.05, 0) is 66.4 Å². The highest BCUT2D eigenvalue weighted by atomic mass is 16.5. The van der Waals surface area contributed by atoms with E-state index in [2.05, 4.69) is 31.0 Å². The van der Waals surface area contributed by atoms with Crippen molar-refractivity contribution in [3.05, 3.63) is 89.5 Å². The van der Waals surface area contributed by atoms with Crippen molar-refractivity contribution in [2.45, 2.75) is 33.1 Å². The van der Waals surface area contributed by atoms with Gasteiger partial charge in [0, 0.05) is 43.1 Å². The standard InChI is InChI=1S/C30H35N3O3/c1-22-5-7-23(8-6-22)29(35)33-19-17-32(18-20-33)26-13-11-25(12-14-26)31-28(34)21-36-27-15-9-24(10-16-27)30(2,3)4/h5-16H,17-21H2,1-4H3,(H,31,34). The van der Waals surface area contributed by atoms with Gasteiger partial charge in [0.1, 0.15) is 5.75 Å². The second kappa shape index (κ2) is 10.9. The number of piperazine rings is 1. The minimum Gasteiger partial charge on any atom is -0.484 e. The van der Waals surface area contributed by atoms with Gasteiger partial charge in [-0.15, -0.1) is 0 Å². The topological polar surface area (TPSA) is 61.9 Å². The molecule has 188 valence electrons. The first kappa shape index (κ1) is 25.3. The Morgan fingerprint density at radius 3 is 2.03 bits per heavy atom. The zero-order valence-electron chi connectivity index (χ0n) is 21.6. The molecule has 0 aromatic heterocycles. The Balaban J connectivity index is 1.24. The van der Waals surface area contributed by atoms with E-state index in [0.29, 0.717) is 18.8 Å². The van der Waals surface area contributed by atoms with Crippen LogP contribution < -0.4 is 15.0 Å². The molecule has 1 fully saturated rings. The van der Waals surface area contributed by atoms with Crippen LogP contribution in [0.4, 0.5) is 11.4 Å². The van der Waals surface area contributed by atoms with Crippen LogP contribution in [-0.2, 0) is 10.2 Å². The molecule has 0 spiro atoms. The number of anilines is 2. The largest absolute Gasteiger partial charge is 0.484 e. The van der Waals surface area contributed by atoms with Crippen molar-refractivity contribution >= 4 is 23.2 Å². The van der Waals surface area contributed by atoms with Crippen LogP contribution in [0.5, 0.6) is 5.75 Å². The Bertz CT molecular complexity index is 1170. The van der Waals surface area contributed by atoms with Gasteiger partial charge in [0.15, 0.2) is 6.61 Å². The van der Waals surface area contributed by atoms with Gasteiger partial charge in [0.05, 0.1) is 0 Å². The quantitative estimate of drug-likeness (QED) is 0.517. The number of hydrogen-bond donors (Lipinski definition) is 1. The second-order valence-electron chi connectivity index (χ2n) is 10.3. The predicted molar refractivity (Wildman–Crippen MR) is 145 cm³/mol. The Kier molecular flexibility index (Phi) is 7.63. The number of aryl methyl sites for hydroxylation is 1. The molecule has 1 aliphatic rings. The lowest BCUT2D eigenvalue weighted by atomic mass is 9.87. The van der Waals surface area contributed by atoms with Gasteiger partial charge in [-0.2, -0.15) is 0 Å². The third-order valence-corrected chi connectivity index (χ3v) is 6.47. The first-order valence-electron chi connectivity index (χ1n) is 12.4. The molecule has 3 aromatic rings. The summed E-state index contributed by atoms with van der Waals surface area (Å²) in [6, 6.07) is 23.4. The number of nitrogens with one attached hydrogen (secondary N) is 1. The molecule has 0 aliphatic carbocycles. The van der Waals surface area contributed by atoms with E-state index in [1.165, 1.54) is 5.56 Å². The van der Waals surface area contributed by atoms with E-state index >= 15 is 0 Å². The van der Waals surface area contributed by atoms with Gasteiger partial charge >= 0.3 is 0 Å². The van der Waals surface area contributed by atoms with Crippen LogP contribution in [0.25, 0.3) is 0 Å². The number of nitrogens with zero attached hydrogens (tertiary/aromatic N) is 2. The van der Waals surface area contributed by atoms with Crippen molar-refractivity contribution in [2.24, 2.45) is 0 Å². The van der Waals surface area contributed by atoms with Crippen LogP contribution in [0.15, 0.2) is 72.8 Å². The maximum Gasteiger partial charge on any atom is 0.262 e. The number of benzene rings is 3. The fraction of sp³-hybridized carbons (Fsp3) is 0.333. The normalized spacial score (nSPS) is 13.9. The summed E-state index contributed by atoms with van der Waals surface area (Å²) in [5.74, 6) is 0.555. The molecule has 3 aromatic carbocycles. The molecule has 2 amide bonds. The van der Waals surface area contributed by atoms with Gasteiger partial charge in [-0.3, -0.25) is 9.59 Å². The molecule has 0 bridgehead atoms. The van der Waals surface area contributed by atoms with E-state index in [9.17, 15) is 9.59 Å². The number of rotatable bonds is 6. The van der Waals surface area contributed by atoms with E-state index in [1.807, 2.05) is 84.6 Å². The molecule has 0 saturated carbocycles. The highest BCUT2D eigenvalue weighted by molar-refractivity contribution is 5.94. The third kappa shape index (κ3) is 6.45. The highest BCUT2D eigenvalue weighted by Gasteiger charge is 2.22. The number of hydrogen-bond acceptors (Lipinski definition) is 4. The molecule has 6 heteroatoms. The van der Waals surface area contributed by atoms with E-state index in [4.69, 9.17) is 4.74 Å². The van der Waals surface area contributed by atoms with Crippen molar-refractivity contribution in [1.82, 2.24) is 4.90 Å². The molecule has 1 saturated heterocycles. The molecule has 1 heterocycles. The van der Waals surface area contributed by atoms with Crippen LogP contribution >= 0.6 is 0 Å². The Morgan fingerprint density at radius 2 is 1.44 bits per heavy atom. The van der Waals surface area contributed by atoms with E-state index in [1.54, 1.807) is 0 Å². The molecule has 6 nitrogen and oxygen atoms in total. The summed E-state index contributed by atoms with van der Waals surface area (Å²) >= 11 is 0. The van der Waals surface area contributed by atoms with Crippen molar-refractivity contribution < 1.29 is 14.3 Å². The SMILES string of the molecule is Cc1ccc(C(=O)N2CCN(c3ccc(NC(=O)COc4ccc(C(C)(C)C)cc4)cc3)CC2)cc1. The summed E-state index contributed by atoms with van der Waals surface area (Å²) in [5, 5.41) is 2.89. The maximum atomic E-state index is 12.8. The van der Waals surface area contributed by atoms with Crippen molar-refractivity contribution in [1.29, 1.82) is 0 Å². The minimum atomic E-state index is -0.203. The van der Waals surface area contributed by atoms with Crippen LogP contribution in [0.1, 0.15) is 42.3 Å². The summed E-state index contributed by atoms with van der Waals surface area (Å²) in [7, 11) is 0. The van der Waals surface area contributed by atoms with Gasteiger partial charge in [-0.25, -0.2) is 0 Å². The molecular weight excluding hydrogens is 450 g/mol. The van der Waals surface area contributed by atoms with Gasteiger partial charge in [0.2, 0.25) is 0 Å². The molecular formula is C30H35N3O3. The average Bonchev–Trinajstić information content (AvgIpc) is 2.88. The first-order chi connectivity index (χ1) is 17.2. The third-order valence-electron chi connectivity index (χ3n) is 6.47. The number of amides is 2. The molecule has 0 atom stereocenters. The van der Waals surface area contributed by atoms with E-state index in [-0.39, 0.29) is 23.8 Å². The lowest BCUT2D eigenvalue weighted by Gasteiger charge is -2.36. The van der Waals surface area contributed by atoms with Gasteiger partial charge in [-0.1, -0.05) is 50.6 Å². The van der Waals surface area contributed by atoms with Crippen molar-refractivity contribution in [2.75, 3.05) is 43.0 Å². The minimum absolute atomic E-state index is 0.0480. The fourth-order valence-corrected chi connectivity index (χ4v) is 4.20. The summed E-state index contributed by atoms with van der Waals surface area (Å²) in [4.78, 5) is 29.3. The molecule has 0 unspecified atom stereocenters. The zero-order chi connectivity index (χ0) is 25.7. The smallest absolute Gasteiger partial charge is 0.262 e. The first-order valence-corrected chi connectivity index (χ1v) is 12.4. The summed E-state index contributed by atoms with van der Waals surface area (Å²) in [6.45, 7) is 11.4. The van der Waals surface area contributed by atoms with Crippen LogP contribution in [0.2, 0.25) is 0 Å². The van der Waals surface area contributed by atoms with Gasteiger partial charge in [0.25, 0.3) is 11.8 Å². The second-order valence-corrected chi connectivity index (χ2v) is 10.3. The summed E-state index contributed by atoms with van der Waals surface area (Å²) in [6.07, 6.45) is 0. The van der Waals surface area contributed by atoms with Crippen molar-refractivity contribution in [3.8, 4) is 5.75 Å². The van der Waals surface area contributed by atoms with Crippen LogP contribution in [0, 0.1) is 6.92 Å². The molecule has 0 radical (unpaired) electrons. The van der Waals surface area contributed by atoms with Crippen LogP contribution in [-0.4, -0.2) is 49.5 Å². The Hall–Kier alpha value is -3.80. The molecule has 4 rings (SSSR count). The Labute approximate surface area is 213 Å². The average molecular weight is 486 g/mol. The molecule has 1 N–H and O–H groups in total. The number of ether oxygens (including phenoxy) is 1. The monoisotopic (exact) mass is 485 g/mol. The van der Waals surface area contributed by atoms with E-state index in [0.717, 1.165) is 35.6 Å². The predicted octanol–water partition coefficient (Wildman–Crippen LogP) is 5.27. The lowest BCUT2D eigenvalue weighted by Crippen LogP contribution is -2.48. The van der Waals surface area contributed by atoms with Crippen LogP contribution in [0.3, 0.4) is 0 Å². The van der Waals surface area contributed by atoms with Crippen molar-refractivity contribution in [3.63, 3.8) is 0 Å². The summed E-state index contributed by atoms with van der Waals surface area (Å²) < 4.78 is 5.64.